The second-order valence-corrected chi connectivity index (χ2v) is 9.08. The van der Waals surface area contributed by atoms with Gasteiger partial charge in [-0.1, -0.05) is 23.7 Å². The van der Waals surface area contributed by atoms with Gasteiger partial charge in [-0.15, -0.1) is 0 Å². The highest BCUT2D eigenvalue weighted by atomic mass is 35.5. The molecule has 10 nitrogen and oxygen atoms in total. The summed E-state index contributed by atoms with van der Waals surface area (Å²) in [5.41, 5.74) is 3.49. The first-order valence-electron chi connectivity index (χ1n) is 11.4. The van der Waals surface area contributed by atoms with Crippen molar-refractivity contribution in [1.82, 2.24) is 15.3 Å². The van der Waals surface area contributed by atoms with Crippen LogP contribution in [-0.2, 0) is 4.74 Å². The SMILES string of the molecule is O=C(NC(=S)Nc1cc(-c2nc3ccccc3[nH]2)ccc1Cl)c1cc([N+](=O)[O-])ccc1N1CCOCC1. The third-order valence-corrected chi connectivity index (χ3v) is 6.43. The first-order valence-corrected chi connectivity index (χ1v) is 12.2. The topological polar surface area (TPSA) is 125 Å². The van der Waals surface area contributed by atoms with Crippen LogP contribution in [0.1, 0.15) is 10.4 Å². The van der Waals surface area contributed by atoms with E-state index in [-0.39, 0.29) is 16.4 Å². The van der Waals surface area contributed by atoms with Crippen molar-refractivity contribution >= 4 is 62.9 Å². The molecule has 5 rings (SSSR count). The largest absolute Gasteiger partial charge is 0.378 e. The maximum atomic E-state index is 13.2. The minimum Gasteiger partial charge on any atom is -0.378 e. The number of hydrogen-bond donors (Lipinski definition) is 3. The van der Waals surface area contributed by atoms with Gasteiger partial charge in [-0.25, -0.2) is 4.98 Å². The maximum absolute atomic E-state index is 13.2. The molecule has 0 unspecified atom stereocenters. The van der Waals surface area contributed by atoms with Crippen molar-refractivity contribution in [2.75, 3.05) is 36.5 Å². The van der Waals surface area contributed by atoms with E-state index in [2.05, 4.69) is 20.6 Å². The van der Waals surface area contributed by atoms with Crippen LogP contribution in [0.15, 0.2) is 60.7 Å². The van der Waals surface area contributed by atoms with E-state index in [0.29, 0.717) is 48.5 Å². The minimum absolute atomic E-state index is 0.00640. The molecule has 12 heteroatoms. The van der Waals surface area contributed by atoms with Crippen LogP contribution in [0.25, 0.3) is 22.4 Å². The maximum Gasteiger partial charge on any atom is 0.270 e. The van der Waals surface area contributed by atoms with Crippen LogP contribution in [0.5, 0.6) is 0 Å². The third kappa shape index (κ3) is 5.38. The Morgan fingerprint density at radius 2 is 1.92 bits per heavy atom. The molecule has 1 amide bonds. The molecule has 188 valence electrons. The summed E-state index contributed by atoms with van der Waals surface area (Å²) in [6.07, 6.45) is 0. The number of non-ortho nitro benzene ring substituents is 1. The number of fused-ring (bicyclic) bond motifs is 1. The molecule has 3 aromatic carbocycles. The zero-order chi connectivity index (χ0) is 25.9. The van der Waals surface area contributed by atoms with Crippen LogP contribution in [0.3, 0.4) is 0 Å². The zero-order valence-corrected chi connectivity index (χ0v) is 20.9. The van der Waals surface area contributed by atoms with E-state index in [0.717, 1.165) is 16.6 Å². The van der Waals surface area contributed by atoms with E-state index < -0.39 is 10.8 Å². The molecule has 1 fully saturated rings. The molecule has 1 aliphatic heterocycles. The molecule has 37 heavy (non-hydrogen) atoms. The number of rotatable bonds is 5. The average molecular weight is 537 g/mol. The van der Waals surface area contributed by atoms with Crippen molar-refractivity contribution in [1.29, 1.82) is 0 Å². The number of nitro benzene ring substituents is 1. The zero-order valence-electron chi connectivity index (χ0n) is 19.4. The van der Waals surface area contributed by atoms with Gasteiger partial charge in [0.15, 0.2) is 5.11 Å². The van der Waals surface area contributed by atoms with Gasteiger partial charge in [0.25, 0.3) is 11.6 Å². The summed E-state index contributed by atoms with van der Waals surface area (Å²) in [5.74, 6) is 0.0786. The molecule has 0 spiro atoms. The number of nitro groups is 1. The number of thiocarbonyl (C=S) groups is 1. The third-order valence-electron chi connectivity index (χ3n) is 5.89. The van der Waals surface area contributed by atoms with Crippen LogP contribution in [0.2, 0.25) is 5.02 Å². The molecule has 0 radical (unpaired) electrons. The van der Waals surface area contributed by atoms with E-state index in [1.165, 1.54) is 12.1 Å². The number of benzene rings is 3. The predicted octanol–water partition coefficient (Wildman–Crippen LogP) is 4.75. The fourth-order valence-electron chi connectivity index (χ4n) is 4.08. The number of amides is 1. The Morgan fingerprint density at radius 1 is 1.14 bits per heavy atom. The number of nitrogens with zero attached hydrogens (tertiary/aromatic N) is 3. The Labute approximate surface area is 221 Å². The smallest absolute Gasteiger partial charge is 0.270 e. The minimum atomic E-state index is -0.577. The molecule has 1 aromatic heterocycles. The van der Waals surface area contributed by atoms with Crippen LogP contribution >= 0.6 is 23.8 Å². The number of imidazole rings is 1. The lowest BCUT2D eigenvalue weighted by atomic mass is 10.1. The normalized spacial score (nSPS) is 13.4. The molecule has 4 aromatic rings. The van der Waals surface area contributed by atoms with E-state index in [1.54, 1.807) is 18.2 Å². The van der Waals surface area contributed by atoms with Gasteiger partial charge >= 0.3 is 0 Å². The van der Waals surface area contributed by atoms with Crippen molar-refractivity contribution in [3.8, 4) is 11.4 Å². The molecule has 1 aliphatic rings. The van der Waals surface area contributed by atoms with Gasteiger partial charge in [0.2, 0.25) is 0 Å². The Hall–Kier alpha value is -4.06. The molecular formula is C25H21ClN6O4S. The number of nitrogens with one attached hydrogen (secondary N) is 3. The number of anilines is 2. The van der Waals surface area contributed by atoms with Crippen LogP contribution in [-0.4, -0.2) is 52.2 Å². The molecular weight excluding hydrogens is 516 g/mol. The lowest BCUT2D eigenvalue weighted by molar-refractivity contribution is -0.384. The second-order valence-electron chi connectivity index (χ2n) is 8.26. The van der Waals surface area contributed by atoms with Gasteiger partial charge < -0.3 is 19.9 Å². The fourth-order valence-corrected chi connectivity index (χ4v) is 4.45. The Bertz CT molecular complexity index is 1490. The molecule has 3 N–H and O–H groups in total. The number of ether oxygens (including phenoxy) is 1. The summed E-state index contributed by atoms with van der Waals surface area (Å²) in [5, 5.41) is 17.3. The number of aromatic amines is 1. The van der Waals surface area contributed by atoms with Gasteiger partial charge in [0, 0.05) is 30.8 Å². The van der Waals surface area contributed by atoms with Crippen molar-refractivity contribution in [2.45, 2.75) is 0 Å². The quantitative estimate of drug-likeness (QED) is 0.189. The van der Waals surface area contributed by atoms with Crippen molar-refractivity contribution in [2.24, 2.45) is 0 Å². The standard InChI is InChI=1S/C25H21ClN6O4S/c26-18-7-5-15(23-27-19-3-1-2-4-20(19)28-23)13-21(18)29-25(37)30-24(33)17-14-16(32(34)35)6-8-22(17)31-9-11-36-12-10-31/h1-8,13-14H,9-12H2,(H,27,28)(H2,29,30,33,37). The Kier molecular flexibility index (Phi) is 6.99. The molecule has 0 atom stereocenters. The van der Waals surface area contributed by atoms with Crippen LogP contribution in [0, 0.1) is 10.1 Å². The summed E-state index contributed by atoms with van der Waals surface area (Å²) < 4.78 is 5.38. The summed E-state index contributed by atoms with van der Waals surface area (Å²) in [6, 6.07) is 17.2. The van der Waals surface area contributed by atoms with Gasteiger partial charge in [0.1, 0.15) is 5.82 Å². The monoisotopic (exact) mass is 536 g/mol. The summed E-state index contributed by atoms with van der Waals surface area (Å²) in [6.45, 7) is 2.12. The highest BCUT2D eigenvalue weighted by molar-refractivity contribution is 7.80. The first kappa shape index (κ1) is 24.6. The summed E-state index contributed by atoms with van der Waals surface area (Å²) in [4.78, 5) is 33.8. The number of halogens is 1. The lowest BCUT2D eigenvalue weighted by Crippen LogP contribution is -2.39. The number of carbonyl (C=O) groups is 1. The summed E-state index contributed by atoms with van der Waals surface area (Å²) >= 11 is 11.8. The van der Waals surface area contributed by atoms with E-state index in [9.17, 15) is 14.9 Å². The van der Waals surface area contributed by atoms with E-state index in [1.807, 2.05) is 35.2 Å². The van der Waals surface area contributed by atoms with Crippen molar-refractivity contribution < 1.29 is 14.5 Å². The van der Waals surface area contributed by atoms with Gasteiger partial charge in [-0.2, -0.15) is 0 Å². The molecule has 0 saturated carbocycles. The van der Waals surface area contributed by atoms with E-state index in [4.69, 9.17) is 28.6 Å². The van der Waals surface area contributed by atoms with Crippen molar-refractivity contribution in [3.63, 3.8) is 0 Å². The number of para-hydroxylation sites is 2. The predicted molar refractivity (Wildman–Crippen MR) is 146 cm³/mol. The molecule has 0 bridgehead atoms. The summed E-state index contributed by atoms with van der Waals surface area (Å²) in [7, 11) is 0. The van der Waals surface area contributed by atoms with Gasteiger partial charge in [-0.05, 0) is 48.6 Å². The molecule has 1 saturated heterocycles. The fraction of sp³-hybridized carbons (Fsp3) is 0.160. The molecule has 2 heterocycles. The van der Waals surface area contributed by atoms with Crippen LogP contribution < -0.4 is 15.5 Å². The van der Waals surface area contributed by atoms with Gasteiger partial charge in [-0.3, -0.25) is 20.2 Å². The first-order chi connectivity index (χ1) is 17.9. The van der Waals surface area contributed by atoms with Crippen molar-refractivity contribution in [3.05, 3.63) is 81.4 Å². The van der Waals surface area contributed by atoms with E-state index >= 15 is 0 Å². The Balaban J connectivity index is 1.36. The number of morpholine rings is 1. The average Bonchev–Trinajstić information content (AvgIpc) is 3.34. The highest BCUT2D eigenvalue weighted by Gasteiger charge is 2.23. The van der Waals surface area contributed by atoms with Gasteiger partial charge in [0.05, 0.1) is 51.1 Å². The number of H-pyrrole nitrogens is 1. The second kappa shape index (κ2) is 10.5. The number of aromatic nitrogens is 2. The highest BCUT2D eigenvalue weighted by Crippen LogP contribution is 2.29. The van der Waals surface area contributed by atoms with Crippen LogP contribution in [0.4, 0.5) is 17.1 Å². The Morgan fingerprint density at radius 3 is 2.68 bits per heavy atom. The molecule has 0 aliphatic carbocycles. The lowest BCUT2D eigenvalue weighted by Gasteiger charge is -2.30. The number of carbonyl (C=O) groups excluding carboxylic acids is 1. The number of hydrogen-bond acceptors (Lipinski definition) is 7.